The van der Waals surface area contributed by atoms with Gasteiger partial charge >= 0.3 is 6.09 Å². The van der Waals surface area contributed by atoms with Gasteiger partial charge in [0.2, 0.25) is 0 Å². The van der Waals surface area contributed by atoms with E-state index < -0.39 is 0 Å². The lowest BCUT2D eigenvalue weighted by molar-refractivity contribution is 0.135. The molecule has 2 rings (SSSR count). The Bertz CT molecular complexity index is 422. The fourth-order valence-corrected chi connectivity index (χ4v) is 2.04. The Morgan fingerprint density at radius 1 is 1.50 bits per heavy atom. The summed E-state index contributed by atoms with van der Waals surface area (Å²) in [6, 6.07) is 7.81. The molecule has 0 bridgehead atoms. The van der Waals surface area contributed by atoms with Gasteiger partial charge in [0.1, 0.15) is 11.9 Å². The number of carbonyl (C=O) groups is 1. The molecular formula is C13H18N2O3. The molecule has 1 aromatic rings. The minimum Gasteiger partial charge on any atom is -0.496 e. The van der Waals surface area contributed by atoms with Crippen LogP contribution in [0.15, 0.2) is 24.3 Å². The molecule has 0 aliphatic carbocycles. The van der Waals surface area contributed by atoms with Crippen molar-refractivity contribution < 1.29 is 14.3 Å². The molecule has 1 heterocycles. The highest BCUT2D eigenvalue weighted by atomic mass is 16.6. The number of nitrogens with two attached hydrogens (primary N) is 1. The van der Waals surface area contributed by atoms with Crippen LogP contribution in [0.25, 0.3) is 0 Å². The van der Waals surface area contributed by atoms with Crippen LogP contribution in [0.3, 0.4) is 0 Å². The molecule has 0 saturated carbocycles. The average molecular weight is 250 g/mol. The molecule has 1 atom stereocenters. The van der Waals surface area contributed by atoms with Gasteiger partial charge in [0.25, 0.3) is 0 Å². The van der Waals surface area contributed by atoms with Gasteiger partial charge in [-0.15, -0.1) is 0 Å². The maximum atomic E-state index is 11.5. The van der Waals surface area contributed by atoms with Crippen LogP contribution < -0.4 is 10.5 Å². The van der Waals surface area contributed by atoms with Crippen molar-refractivity contribution in [1.29, 1.82) is 0 Å². The van der Waals surface area contributed by atoms with Crippen LogP contribution in [-0.2, 0) is 11.2 Å². The van der Waals surface area contributed by atoms with E-state index in [4.69, 9.17) is 15.2 Å². The van der Waals surface area contributed by atoms with E-state index in [9.17, 15) is 4.79 Å². The third kappa shape index (κ3) is 2.73. The highest BCUT2D eigenvalue weighted by Crippen LogP contribution is 2.19. The topological polar surface area (TPSA) is 64.8 Å². The Balaban J connectivity index is 1.93. The van der Waals surface area contributed by atoms with E-state index in [1.165, 1.54) is 0 Å². The number of nitrogens with zero attached hydrogens (tertiary/aromatic N) is 1. The van der Waals surface area contributed by atoms with Crippen molar-refractivity contribution in [2.45, 2.75) is 12.5 Å². The van der Waals surface area contributed by atoms with Crippen molar-refractivity contribution in [3.8, 4) is 5.75 Å². The molecule has 18 heavy (non-hydrogen) atoms. The molecule has 0 aromatic heterocycles. The van der Waals surface area contributed by atoms with Gasteiger partial charge < -0.3 is 20.1 Å². The number of ether oxygens (including phenoxy) is 2. The van der Waals surface area contributed by atoms with Crippen LogP contribution in [-0.4, -0.2) is 43.8 Å². The highest BCUT2D eigenvalue weighted by molar-refractivity contribution is 5.69. The van der Waals surface area contributed by atoms with E-state index in [2.05, 4.69) is 0 Å². The van der Waals surface area contributed by atoms with Gasteiger partial charge in [0, 0.05) is 13.1 Å². The van der Waals surface area contributed by atoms with Gasteiger partial charge in [-0.25, -0.2) is 4.79 Å². The van der Waals surface area contributed by atoms with Crippen molar-refractivity contribution >= 4 is 6.09 Å². The van der Waals surface area contributed by atoms with Crippen LogP contribution in [0.1, 0.15) is 5.56 Å². The second-order valence-corrected chi connectivity index (χ2v) is 4.25. The molecule has 1 aliphatic rings. The number of methoxy groups -OCH3 is 1. The summed E-state index contributed by atoms with van der Waals surface area (Å²) in [6.07, 6.45) is 0.298. The average Bonchev–Trinajstić information content (AvgIpc) is 2.77. The molecule has 0 spiro atoms. The summed E-state index contributed by atoms with van der Waals surface area (Å²) in [6.45, 7) is 1.57. The molecule has 5 heteroatoms. The number of benzene rings is 1. The number of hydrogen-bond donors (Lipinski definition) is 1. The van der Waals surface area contributed by atoms with E-state index >= 15 is 0 Å². The predicted octanol–water partition coefficient (Wildman–Crippen LogP) is 1.02. The summed E-state index contributed by atoms with van der Waals surface area (Å²) >= 11 is 0. The summed E-state index contributed by atoms with van der Waals surface area (Å²) in [5.41, 5.74) is 6.57. The first-order valence-corrected chi connectivity index (χ1v) is 6.02. The van der Waals surface area contributed by atoms with Crippen LogP contribution >= 0.6 is 0 Å². The number of rotatable bonds is 5. The minimum atomic E-state index is -0.277. The normalized spacial score (nSPS) is 18.9. The van der Waals surface area contributed by atoms with Crippen molar-refractivity contribution in [3.63, 3.8) is 0 Å². The van der Waals surface area contributed by atoms with E-state index in [1.54, 1.807) is 12.0 Å². The maximum absolute atomic E-state index is 11.5. The van der Waals surface area contributed by atoms with Crippen LogP contribution in [0.5, 0.6) is 5.75 Å². The van der Waals surface area contributed by atoms with E-state index in [1.807, 2.05) is 24.3 Å². The first-order valence-electron chi connectivity index (χ1n) is 6.02. The molecule has 1 saturated heterocycles. The second-order valence-electron chi connectivity index (χ2n) is 4.25. The third-order valence-electron chi connectivity index (χ3n) is 3.06. The van der Waals surface area contributed by atoms with Crippen molar-refractivity contribution in [3.05, 3.63) is 29.8 Å². The van der Waals surface area contributed by atoms with E-state index in [0.717, 1.165) is 17.7 Å². The summed E-state index contributed by atoms with van der Waals surface area (Å²) < 4.78 is 10.4. The quantitative estimate of drug-likeness (QED) is 0.847. The first kappa shape index (κ1) is 12.7. The summed E-state index contributed by atoms with van der Waals surface area (Å²) in [5.74, 6) is 0.848. The monoisotopic (exact) mass is 250 g/mol. The molecule has 1 unspecified atom stereocenters. The SMILES string of the molecule is COc1ccccc1CCN1CC(CN)OC1=O. The molecule has 1 aliphatic heterocycles. The molecule has 5 nitrogen and oxygen atoms in total. The lowest BCUT2D eigenvalue weighted by atomic mass is 10.1. The number of hydrogen-bond acceptors (Lipinski definition) is 4. The summed E-state index contributed by atoms with van der Waals surface area (Å²) in [4.78, 5) is 13.2. The standard InChI is InChI=1S/C13H18N2O3/c1-17-12-5-3-2-4-10(12)6-7-15-9-11(8-14)18-13(15)16/h2-5,11H,6-9,14H2,1H3. The Morgan fingerprint density at radius 3 is 2.94 bits per heavy atom. The van der Waals surface area contributed by atoms with Gasteiger partial charge in [-0.3, -0.25) is 0 Å². The van der Waals surface area contributed by atoms with Crippen LogP contribution in [0, 0.1) is 0 Å². The molecule has 98 valence electrons. The van der Waals surface area contributed by atoms with Gasteiger partial charge in [-0.05, 0) is 18.1 Å². The lowest BCUT2D eigenvalue weighted by Gasteiger charge is -2.14. The number of carbonyl (C=O) groups excluding carboxylic acids is 1. The maximum Gasteiger partial charge on any atom is 0.410 e. The van der Waals surface area contributed by atoms with E-state index in [0.29, 0.717) is 19.6 Å². The van der Waals surface area contributed by atoms with Crippen molar-refractivity contribution in [2.24, 2.45) is 5.73 Å². The van der Waals surface area contributed by atoms with Crippen LogP contribution in [0.4, 0.5) is 4.79 Å². The second kappa shape index (κ2) is 5.73. The smallest absolute Gasteiger partial charge is 0.410 e. The zero-order valence-corrected chi connectivity index (χ0v) is 10.5. The first-order chi connectivity index (χ1) is 8.74. The molecule has 1 aromatic carbocycles. The van der Waals surface area contributed by atoms with Gasteiger partial charge in [-0.1, -0.05) is 18.2 Å². The molecular weight excluding hydrogens is 232 g/mol. The highest BCUT2D eigenvalue weighted by Gasteiger charge is 2.29. The largest absolute Gasteiger partial charge is 0.496 e. The fourth-order valence-electron chi connectivity index (χ4n) is 2.04. The Kier molecular flexibility index (Phi) is 4.04. The van der Waals surface area contributed by atoms with Gasteiger partial charge in [-0.2, -0.15) is 0 Å². The zero-order chi connectivity index (χ0) is 13.0. The van der Waals surface area contributed by atoms with Crippen molar-refractivity contribution in [1.82, 2.24) is 4.90 Å². The number of cyclic esters (lactones) is 1. The Morgan fingerprint density at radius 2 is 2.28 bits per heavy atom. The third-order valence-corrected chi connectivity index (χ3v) is 3.06. The Hall–Kier alpha value is -1.75. The number of para-hydroxylation sites is 1. The minimum absolute atomic E-state index is 0.171. The Labute approximate surface area is 106 Å². The summed E-state index contributed by atoms with van der Waals surface area (Å²) in [5, 5.41) is 0. The summed E-state index contributed by atoms with van der Waals surface area (Å²) in [7, 11) is 1.65. The molecule has 1 fully saturated rings. The number of amides is 1. The predicted molar refractivity (Wildman–Crippen MR) is 67.6 cm³/mol. The fraction of sp³-hybridized carbons (Fsp3) is 0.462. The lowest BCUT2D eigenvalue weighted by Crippen LogP contribution is -2.29. The zero-order valence-electron chi connectivity index (χ0n) is 10.5. The molecule has 1 amide bonds. The molecule has 2 N–H and O–H groups in total. The van der Waals surface area contributed by atoms with Gasteiger partial charge in [0.15, 0.2) is 0 Å². The van der Waals surface area contributed by atoms with Crippen molar-refractivity contribution in [2.75, 3.05) is 26.7 Å². The molecule has 0 radical (unpaired) electrons. The van der Waals surface area contributed by atoms with Gasteiger partial charge in [0.05, 0.1) is 13.7 Å². The van der Waals surface area contributed by atoms with Crippen LogP contribution in [0.2, 0.25) is 0 Å². The van der Waals surface area contributed by atoms with E-state index in [-0.39, 0.29) is 12.2 Å².